The first-order valence-electron chi connectivity index (χ1n) is 5.00. The molecule has 82 valence electrons. The van der Waals surface area contributed by atoms with Crippen LogP contribution in [0.3, 0.4) is 0 Å². The van der Waals surface area contributed by atoms with Gasteiger partial charge in [-0.05, 0) is 30.5 Å². The topological polar surface area (TPSA) is 46.5 Å². The lowest BCUT2D eigenvalue weighted by atomic mass is 10.0. The van der Waals surface area contributed by atoms with E-state index in [0.29, 0.717) is 11.3 Å². The van der Waals surface area contributed by atoms with Gasteiger partial charge in [0.15, 0.2) is 0 Å². The first-order valence-corrected chi connectivity index (χ1v) is 5.00. The second-order valence-electron chi connectivity index (χ2n) is 3.51. The van der Waals surface area contributed by atoms with Gasteiger partial charge in [0.25, 0.3) is 0 Å². The molecule has 0 saturated heterocycles. The highest BCUT2D eigenvalue weighted by atomic mass is 16.5. The van der Waals surface area contributed by atoms with Crippen LogP contribution in [0.4, 0.5) is 0 Å². The Morgan fingerprint density at radius 2 is 2.13 bits per heavy atom. The first kappa shape index (κ1) is 11.7. The highest BCUT2D eigenvalue weighted by Crippen LogP contribution is 2.26. The van der Waals surface area contributed by atoms with Gasteiger partial charge in [-0.2, -0.15) is 0 Å². The van der Waals surface area contributed by atoms with Crippen molar-refractivity contribution in [3.8, 4) is 5.75 Å². The van der Waals surface area contributed by atoms with Crippen molar-refractivity contribution < 1.29 is 14.6 Å². The molecule has 0 fully saturated rings. The van der Waals surface area contributed by atoms with Gasteiger partial charge in [-0.25, -0.2) is 0 Å². The van der Waals surface area contributed by atoms with Crippen LogP contribution in [0.2, 0.25) is 0 Å². The van der Waals surface area contributed by atoms with Crippen molar-refractivity contribution >= 4 is 5.97 Å². The molecule has 0 aliphatic rings. The Morgan fingerprint density at radius 1 is 1.47 bits per heavy atom. The number of hydrogen-bond acceptors (Lipinski definition) is 3. The Hall–Kier alpha value is -1.35. The molecule has 3 nitrogen and oxygen atoms in total. The maximum Gasteiger partial charge on any atom is 0.308 e. The molecule has 0 atom stereocenters. The standard InChI is InChI=1S/C12H16O3/c1-4-10-5-8(2)12(15-9(3)14)11(6-10)7-13/h5-6,13H,4,7H2,1-3H3. The van der Waals surface area contributed by atoms with Gasteiger partial charge >= 0.3 is 5.97 Å². The van der Waals surface area contributed by atoms with Gasteiger partial charge in [0.2, 0.25) is 0 Å². The van der Waals surface area contributed by atoms with E-state index in [1.807, 2.05) is 26.0 Å². The van der Waals surface area contributed by atoms with Crippen molar-refractivity contribution in [1.29, 1.82) is 0 Å². The molecular formula is C12H16O3. The largest absolute Gasteiger partial charge is 0.426 e. The Balaban J connectivity index is 3.18. The summed E-state index contributed by atoms with van der Waals surface area (Å²) in [7, 11) is 0. The zero-order valence-electron chi connectivity index (χ0n) is 9.33. The first-order chi connectivity index (χ1) is 7.08. The van der Waals surface area contributed by atoms with Crippen molar-refractivity contribution in [2.24, 2.45) is 0 Å². The van der Waals surface area contributed by atoms with E-state index in [-0.39, 0.29) is 12.6 Å². The number of carbonyl (C=O) groups is 1. The minimum atomic E-state index is -0.364. The molecular weight excluding hydrogens is 192 g/mol. The van der Waals surface area contributed by atoms with Crippen LogP contribution < -0.4 is 4.74 Å². The molecule has 0 spiro atoms. The molecule has 1 N–H and O–H groups in total. The number of aliphatic hydroxyl groups excluding tert-OH is 1. The van der Waals surface area contributed by atoms with E-state index >= 15 is 0 Å². The minimum absolute atomic E-state index is 0.114. The molecule has 0 saturated carbocycles. The fraction of sp³-hybridized carbons (Fsp3) is 0.417. The number of benzene rings is 1. The molecule has 0 unspecified atom stereocenters. The molecule has 0 aliphatic carbocycles. The molecule has 3 heteroatoms. The van der Waals surface area contributed by atoms with E-state index < -0.39 is 0 Å². The molecule has 0 aromatic heterocycles. The number of hydrogen-bond donors (Lipinski definition) is 1. The van der Waals surface area contributed by atoms with Crippen molar-refractivity contribution in [1.82, 2.24) is 0 Å². The summed E-state index contributed by atoms with van der Waals surface area (Å²) in [6.45, 7) is 5.16. The van der Waals surface area contributed by atoms with Crippen LogP contribution in [-0.4, -0.2) is 11.1 Å². The highest BCUT2D eigenvalue weighted by molar-refractivity contribution is 5.70. The van der Waals surface area contributed by atoms with Crippen LogP contribution in [0.5, 0.6) is 5.75 Å². The molecule has 0 aliphatic heterocycles. The van der Waals surface area contributed by atoms with E-state index in [4.69, 9.17) is 4.74 Å². The van der Waals surface area contributed by atoms with Crippen LogP contribution >= 0.6 is 0 Å². The van der Waals surface area contributed by atoms with Crippen molar-refractivity contribution in [2.75, 3.05) is 0 Å². The summed E-state index contributed by atoms with van der Waals surface area (Å²) in [6, 6.07) is 3.84. The molecule has 1 aromatic carbocycles. The quantitative estimate of drug-likeness (QED) is 0.610. The van der Waals surface area contributed by atoms with E-state index in [9.17, 15) is 9.90 Å². The SMILES string of the molecule is CCc1cc(C)c(OC(C)=O)c(CO)c1. The number of esters is 1. The maximum absolute atomic E-state index is 10.9. The Kier molecular flexibility index (Phi) is 3.86. The number of carbonyl (C=O) groups excluding carboxylic acids is 1. The van der Waals surface area contributed by atoms with Crippen LogP contribution in [0.1, 0.15) is 30.5 Å². The number of aryl methyl sites for hydroxylation is 2. The maximum atomic E-state index is 10.9. The van der Waals surface area contributed by atoms with E-state index in [0.717, 1.165) is 17.5 Å². The zero-order valence-corrected chi connectivity index (χ0v) is 9.33. The summed E-state index contributed by atoms with van der Waals surface area (Å²) in [5.41, 5.74) is 2.68. The van der Waals surface area contributed by atoms with Crippen molar-refractivity contribution in [3.05, 3.63) is 28.8 Å². The van der Waals surface area contributed by atoms with Crippen LogP contribution in [0.25, 0.3) is 0 Å². The lowest BCUT2D eigenvalue weighted by Gasteiger charge is -2.12. The summed E-state index contributed by atoms with van der Waals surface area (Å²) < 4.78 is 5.07. The third-order valence-corrected chi connectivity index (χ3v) is 2.24. The second-order valence-corrected chi connectivity index (χ2v) is 3.51. The average Bonchev–Trinajstić information content (AvgIpc) is 2.20. The van der Waals surface area contributed by atoms with Crippen molar-refractivity contribution in [3.63, 3.8) is 0 Å². The third kappa shape index (κ3) is 2.80. The number of ether oxygens (including phenoxy) is 1. The predicted octanol–water partition coefficient (Wildman–Crippen LogP) is 1.98. The normalized spacial score (nSPS) is 10.1. The van der Waals surface area contributed by atoms with Crippen LogP contribution in [-0.2, 0) is 17.8 Å². The van der Waals surface area contributed by atoms with Crippen LogP contribution in [0.15, 0.2) is 12.1 Å². The van der Waals surface area contributed by atoms with Crippen molar-refractivity contribution in [2.45, 2.75) is 33.8 Å². The van der Waals surface area contributed by atoms with Gasteiger partial charge in [-0.3, -0.25) is 4.79 Å². The van der Waals surface area contributed by atoms with E-state index in [1.165, 1.54) is 6.92 Å². The Bertz CT molecular complexity index is 369. The summed E-state index contributed by atoms with van der Waals surface area (Å²) >= 11 is 0. The zero-order chi connectivity index (χ0) is 11.4. The van der Waals surface area contributed by atoms with Gasteiger partial charge in [0.1, 0.15) is 5.75 Å². The van der Waals surface area contributed by atoms with E-state index in [2.05, 4.69) is 0 Å². The molecule has 0 amide bonds. The van der Waals surface area contributed by atoms with Gasteiger partial charge < -0.3 is 9.84 Å². The second kappa shape index (κ2) is 4.94. The van der Waals surface area contributed by atoms with Crippen LogP contribution in [0, 0.1) is 6.92 Å². The summed E-state index contributed by atoms with van der Waals surface area (Å²) in [5.74, 6) is 0.124. The molecule has 1 aromatic rings. The van der Waals surface area contributed by atoms with Gasteiger partial charge in [0.05, 0.1) is 6.61 Å². The van der Waals surface area contributed by atoms with Gasteiger partial charge in [-0.1, -0.05) is 13.0 Å². The summed E-state index contributed by atoms with van der Waals surface area (Å²) in [5, 5.41) is 9.18. The third-order valence-electron chi connectivity index (χ3n) is 2.24. The molecule has 0 radical (unpaired) electrons. The monoisotopic (exact) mass is 208 g/mol. The summed E-state index contributed by atoms with van der Waals surface area (Å²) in [6.07, 6.45) is 0.897. The van der Waals surface area contributed by atoms with E-state index in [1.54, 1.807) is 0 Å². The Morgan fingerprint density at radius 3 is 2.60 bits per heavy atom. The smallest absolute Gasteiger partial charge is 0.308 e. The minimum Gasteiger partial charge on any atom is -0.426 e. The molecule has 0 bridgehead atoms. The molecule has 0 heterocycles. The van der Waals surface area contributed by atoms with Gasteiger partial charge in [-0.15, -0.1) is 0 Å². The Labute approximate surface area is 89.7 Å². The lowest BCUT2D eigenvalue weighted by Crippen LogP contribution is -2.06. The number of rotatable bonds is 3. The fourth-order valence-electron chi connectivity index (χ4n) is 1.54. The predicted molar refractivity (Wildman–Crippen MR) is 57.8 cm³/mol. The summed E-state index contributed by atoms with van der Waals surface area (Å²) in [4.78, 5) is 10.9. The highest BCUT2D eigenvalue weighted by Gasteiger charge is 2.10. The average molecular weight is 208 g/mol. The molecule has 15 heavy (non-hydrogen) atoms. The lowest BCUT2D eigenvalue weighted by molar-refractivity contribution is -0.132. The fourth-order valence-corrected chi connectivity index (χ4v) is 1.54. The number of aliphatic hydroxyl groups is 1. The van der Waals surface area contributed by atoms with Gasteiger partial charge in [0, 0.05) is 12.5 Å². The molecule has 1 rings (SSSR count).